The molecule has 0 radical (unpaired) electrons. The highest BCUT2D eigenvalue weighted by molar-refractivity contribution is 5.81. The maximum Gasteiger partial charge on any atom is 0.252 e. The molecule has 0 saturated heterocycles. The molecule has 1 aromatic carbocycles. The molecule has 0 bridgehead atoms. The maximum absolute atomic E-state index is 9.24. The Morgan fingerprint density at radius 2 is 2.00 bits per heavy atom. The monoisotopic (exact) mass is 312 g/mol. The van der Waals surface area contributed by atoms with Gasteiger partial charge in [0, 0.05) is 20.1 Å². The Morgan fingerprint density at radius 3 is 2.74 bits per heavy atom. The van der Waals surface area contributed by atoms with Crippen molar-refractivity contribution in [1.29, 1.82) is 0 Å². The van der Waals surface area contributed by atoms with Gasteiger partial charge in [-0.2, -0.15) is 4.98 Å². The number of hydrogen-bond donors (Lipinski definition) is 1. The van der Waals surface area contributed by atoms with Crippen LogP contribution in [0.5, 0.6) is 0 Å². The first-order chi connectivity index (χ1) is 11.2. The third-order valence-corrected chi connectivity index (χ3v) is 3.86. The van der Waals surface area contributed by atoms with E-state index in [0.29, 0.717) is 30.1 Å². The molecule has 2 heterocycles. The first kappa shape index (κ1) is 15.4. The number of rotatable bonds is 6. The molecule has 1 unspecified atom stereocenters. The number of benzene rings is 1. The highest BCUT2D eigenvalue weighted by Gasteiger charge is 2.22. The summed E-state index contributed by atoms with van der Waals surface area (Å²) in [7, 11) is 0. The van der Waals surface area contributed by atoms with E-state index in [4.69, 9.17) is 4.42 Å². The van der Waals surface area contributed by atoms with Crippen LogP contribution in [-0.4, -0.2) is 33.2 Å². The Balaban J connectivity index is 2.04. The quantitative estimate of drug-likeness (QED) is 0.754. The molecule has 2 aromatic heterocycles. The van der Waals surface area contributed by atoms with E-state index in [9.17, 15) is 5.11 Å². The van der Waals surface area contributed by atoms with Crippen molar-refractivity contribution < 1.29 is 9.52 Å². The summed E-state index contributed by atoms with van der Waals surface area (Å²) >= 11 is 0. The van der Waals surface area contributed by atoms with Crippen LogP contribution in [0.2, 0.25) is 0 Å². The lowest BCUT2D eigenvalue weighted by Gasteiger charge is -2.30. The van der Waals surface area contributed by atoms with Gasteiger partial charge in [0.05, 0.1) is 6.04 Å². The average molecular weight is 312 g/mol. The van der Waals surface area contributed by atoms with E-state index in [0.717, 1.165) is 5.82 Å². The zero-order valence-electron chi connectivity index (χ0n) is 13.3. The van der Waals surface area contributed by atoms with E-state index < -0.39 is 0 Å². The largest absolute Gasteiger partial charge is 0.422 e. The first-order valence-corrected chi connectivity index (χ1v) is 7.71. The molecule has 6 heteroatoms. The second-order valence-corrected chi connectivity index (χ2v) is 5.44. The van der Waals surface area contributed by atoms with E-state index >= 15 is 0 Å². The number of nitrogens with zero attached hydrogens (tertiary/aromatic N) is 4. The number of anilines is 1. The molecule has 3 aromatic rings. The van der Waals surface area contributed by atoms with E-state index in [1.54, 1.807) is 6.92 Å². The van der Waals surface area contributed by atoms with E-state index in [1.165, 1.54) is 11.9 Å². The van der Waals surface area contributed by atoms with Crippen LogP contribution < -0.4 is 4.90 Å². The van der Waals surface area contributed by atoms with Crippen molar-refractivity contribution >= 4 is 17.0 Å². The van der Waals surface area contributed by atoms with Gasteiger partial charge in [-0.15, -0.1) is 0 Å². The predicted octanol–water partition coefficient (Wildman–Crippen LogP) is 2.88. The van der Waals surface area contributed by atoms with E-state index in [-0.39, 0.29) is 12.6 Å². The van der Waals surface area contributed by atoms with Gasteiger partial charge in [0.15, 0.2) is 17.2 Å². The molecule has 0 amide bonds. The van der Waals surface area contributed by atoms with Crippen LogP contribution in [0.1, 0.15) is 30.8 Å². The maximum atomic E-state index is 9.24. The third kappa shape index (κ3) is 3.17. The van der Waals surface area contributed by atoms with Crippen LogP contribution in [0.25, 0.3) is 11.2 Å². The van der Waals surface area contributed by atoms with Gasteiger partial charge in [-0.3, -0.25) is 0 Å². The van der Waals surface area contributed by atoms with Gasteiger partial charge in [0.2, 0.25) is 0 Å². The molecule has 0 aliphatic carbocycles. The molecule has 0 aliphatic rings. The highest BCUT2D eigenvalue weighted by Crippen LogP contribution is 2.30. The number of aromatic nitrogens is 3. The lowest BCUT2D eigenvalue weighted by atomic mass is 10.1. The minimum Gasteiger partial charge on any atom is -0.422 e. The fourth-order valence-corrected chi connectivity index (χ4v) is 2.69. The average Bonchev–Trinajstić information content (AvgIpc) is 2.96. The van der Waals surface area contributed by atoms with Crippen molar-refractivity contribution in [1.82, 2.24) is 15.0 Å². The van der Waals surface area contributed by atoms with Gasteiger partial charge in [-0.1, -0.05) is 30.3 Å². The van der Waals surface area contributed by atoms with Crippen LogP contribution in [0, 0.1) is 6.92 Å². The molecule has 23 heavy (non-hydrogen) atoms. The molecule has 3 rings (SSSR count). The summed E-state index contributed by atoms with van der Waals surface area (Å²) in [5.74, 6) is 1.30. The second-order valence-electron chi connectivity index (χ2n) is 5.44. The van der Waals surface area contributed by atoms with Gasteiger partial charge in [0.25, 0.3) is 5.71 Å². The molecule has 1 N–H and O–H groups in total. The van der Waals surface area contributed by atoms with Crippen molar-refractivity contribution in [3.05, 3.63) is 48.1 Å². The lowest BCUT2D eigenvalue weighted by Crippen LogP contribution is -2.29. The van der Waals surface area contributed by atoms with Crippen molar-refractivity contribution in [2.24, 2.45) is 0 Å². The fourth-order valence-electron chi connectivity index (χ4n) is 2.69. The summed E-state index contributed by atoms with van der Waals surface area (Å²) in [6, 6.07) is 10.3. The summed E-state index contributed by atoms with van der Waals surface area (Å²) in [5.41, 5.74) is 2.32. The molecule has 0 saturated carbocycles. The lowest BCUT2D eigenvalue weighted by molar-refractivity contribution is 0.288. The second kappa shape index (κ2) is 6.75. The topological polar surface area (TPSA) is 75.3 Å². The Morgan fingerprint density at radius 1 is 1.22 bits per heavy atom. The SMILES string of the molecule is Cc1nc2c(N(CCCO)C(C)c3ccccc3)ncnc2o1. The third-order valence-electron chi connectivity index (χ3n) is 3.86. The van der Waals surface area contributed by atoms with Crippen LogP contribution in [0.4, 0.5) is 5.82 Å². The van der Waals surface area contributed by atoms with Crippen molar-refractivity contribution in [3.63, 3.8) is 0 Å². The molecule has 1 atom stereocenters. The van der Waals surface area contributed by atoms with Crippen LogP contribution in [0.15, 0.2) is 41.1 Å². The Bertz CT molecular complexity index is 773. The Kier molecular flexibility index (Phi) is 4.52. The highest BCUT2D eigenvalue weighted by atomic mass is 16.4. The zero-order chi connectivity index (χ0) is 16.2. The Hall–Kier alpha value is -2.47. The Labute approximate surface area is 134 Å². The molecule has 6 nitrogen and oxygen atoms in total. The molecule has 0 fully saturated rings. The first-order valence-electron chi connectivity index (χ1n) is 7.71. The minimum atomic E-state index is 0.0952. The summed E-state index contributed by atoms with van der Waals surface area (Å²) in [5, 5.41) is 9.24. The van der Waals surface area contributed by atoms with Crippen LogP contribution in [0.3, 0.4) is 0 Å². The van der Waals surface area contributed by atoms with Gasteiger partial charge in [0.1, 0.15) is 6.33 Å². The molecule has 0 aliphatic heterocycles. The van der Waals surface area contributed by atoms with Crippen molar-refractivity contribution in [2.75, 3.05) is 18.1 Å². The van der Waals surface area contributed by atoms with Gasteiger partial charge < -0.3 is 14.4 Å². The summed E-state index contributed by atoms with van der Waals surface area (Å²) < 4.78 is 5.51. The number of oxazole rings is 1. The number of aliphatic hydroxyl groups is 1. The number of aryl methyl sites for hydroxylation is 1. The van der Waals surface area contributed by atoms with Crippen LogP contribution >= 0.6 is 0 Å². The summed E-state index contributed by atoms with van der Waals surface area (Å²) in [6.07, 6.45) is 2.14. The normalized spacial score (nSPS) is 12.5. The number of fused-ring (bicyclic) bond motifs is 1. The van der Waals surface area contributed by atoms with Gasteiger partial charge in [-0.05, 0) is 18.9 Å². The van der Waals surface area contributed by atoms with E-state index in [2.05, 4.69) is 38.9 Å². The molecular weight excluding hydrogens is 292 g/mol. The number of hydrogen-bond acceptors (Lipinski definition) is 6. The minimum absolute atomic E-state index is 0.0952. The van der Waals surface area contributed by atoms with E-state index in [1.807, 2.05) is 18.2 Å². The standard InChI is InChI=1S/C17H20N4O2/c1-12(14-7-4-3-5-8-14)21(9-6-10-22)16-15-17(19-11-18-16)23-13(2)20-15/h3-5,7-8,11-12,22H,6,9-10H2,1-2H3. The number of aliphatic hydroxyl groups excluding tert-OH is 1. The zero-order valence-corrected chi connectivity index (χ0v) is 13.3. The molecule has 120 valence electrons. The van der Waals surface area contributed by atoms with Crippen molar-refractivity contribution in [2.45, 2.75) is 26.3 Å². The van der Waals surface area contributed by atoms with Crippen LogP contribution in [-0.2, 0) is 0 Å². The molecule has 0 spiro atoms. The fraction of sp³-hybridized carbons (Fsp3) is 0.353. The smallest absolute Gasteiger partial charge is 0.252 e. The van der Waals surface area contributed by atoms with Gasteiger partial charge in [-0.25, -0.2) is 9.97 Å². The van der Waals surface area contributed by atoms with Crippen molar-refractivity contribution in [3.8, 4) is 0 Å². The van der Waals surface area contributed by atoms with Gasteiger partial charge >= 0.3 is 0 Å². The predicted molar refractivity (Wildman–Crippen MR) is 88.2 cm³/mol. The molecular formula is C17H20N4O2. The summed E-state index contributed by atoms with van der Waals surface area (Å²) in [6.45, 7) is 4.71. The summed E-state index contributed by atoms with van der Waals surface area (Å²) in [4.78, 5) is 15.1.